The van der Waals surface area contributed by atoms with E-state index in [1.165, 1.54) is 49.9 Å². The van der Waals surface area contributed by atoms with Crippen LogP contribution >= 0.6 is 0 Å². The van der Waals surface area contributed by atoms with Crippen molar-refractivity contribution in [2.45, 2.75) is 50.6 Å². The van der Waals surface area contributed by atoms with Crippen LogP contribution in [0.3, 0.4) is 0 Å². The third-order valence-corrected chi connectivity index (χ3v) is 4.83. The minimum absolute atomic E-state index is 0.650. The molecule has 2 fully saturated rings. The molecule has 110 valence electrons. The van der Waals surface area contributed by atoms with E-state index in [9.17, 15) is 0 Å². The first-order chi connectivity index (χ1) is 9.88. The van der Waals surface area contributed by atoms with Gasteiger partial charge in [-0.05, 0) is 62.9 Å². The van der Waals surface area contributed by atoms with Crippen LogP contribution in [0.4, 0.5) is 5.69 Å². The molecule has 2 saturated heterocycles. The van der Waals surface area contributed by atoms with Crippen LogP contribution < -0.4 is 11.1 Å². The third-order valence-electron chi connectivity index (χ3n) is 4.83. The summed E-state index contributed by atoms with van der Waals surface area (Å²) in [5.74, 6) is 0. The monoisotopic (exact) mass is 273 g/mol. The summed E-state index contributed by atoms with van der Waals surface area (Å²) in [5, 5.41) is 3.48. The molecule has 3 N–H and O–H groups in total. The zero-order valence-corrected chi connectivity index (χ0v) is 12.4. The SMILES string of the molecule is NCCCNc1cccc([C@H]2CC[C@H]3CCCCN32)c1. The summed E-state index contributed by atoms with van der Waals surface area (Å²) in [6.45, 7) is 3.02. The van der Waals surface area contributed by atoms with E-state index in [1.54, 1.807) is 0 Å². The number of nitrogens with zero attached hydrogens (tertiary/aromatic N) is 1. The van der Waals surface area contributed by atoms with Crippen molar-refractivity contribution < 1.29 is 0 Å². The summed E-state index contributed by atoms with van der Waals surface area (Å²) < 4.78 is 0. The first-order valence-electron chi connectivity index (χ1n) is 8.18. The van der Waals surface area contributed by atoms with Crippen LogP contribution in [0.1, 0.15) is 50.1 Å². The summed E-state index contributed by atoms with van der Waals surface area (Å²) in [5.41, 5.74) is 8.29. The summed E-state index contributed by atoms with van der Waals surface area (Å²) in [7, 11) is 0. The lowest BCUT2D eigenvalue weighted by Crippen LogP contribution is -2.35. The molecule has 2 aliphatic rings. The molecule has 0 unspecified atom stereocenters. The van der Waals surface area contributed by atoms with E-state index in [4.69, 9.17) is 5.73 Å². The maximum Gasteiger partial charge on any atom is 0.0352 e. The molecule has 0 bridgehead atoms. The molecule has 1 aromatic rings. The van der Waals surface area contributed by atoms with Gasteiger partial charge in [-0.25, -0.2) is 0 Å². The number of anilines is 1. The lowest BCUT2D eigenvalue weighted by Gasteiger charge is -2.34. The van der Waals surface area contributed by atoms with Crippen LogP contribution in [0.5, 0.6) is 0 Å². The molecule has 3 heteroatoms. The second kappa shape index (κ2) is 6.59. The van der Waals surface area contributed by atoms with Crippen molar-refractivity contribution in [3.63, 3.8) is 0 Å². The average molecular weight is 273 g/mol. The van der Waals surface area contributed by atoms with Gasteiger partial charge in [-0.1, -0.05) is 18.6 Å². The van der Waals surface area contributed by atoms with Gasteiger partial charge in [0, 0.05) is 24.3 Å². The number of piperidine rings is 1. The van der Waals surface area contributed by atoms with Gasteiger partial charge in [0.1, 0.15) is 0 Å². The first kappa shape index (κ1) is 13.9. The quantitative estimate of drug-likeness (QED) is 0.810. The Hall–Kier alpha value is -1.06. The topological polar surface area (TPSA) is 41.3 Å². The normalized spacial score (nSPS) is 26.4. The van der Waals surface area contributed by atoms with Gasteiger partial charge < -0.3 is 11.1 Å². The molecule has 0 aromatic heterocycles. The number of hydrogen-bond acceptors (Lipinski definition) is 3. The number of rotatable bonds is 5. The number of hydrogen-bond donors (Lipinski definition) is 2. The summed E-state index contributed by atoms with van der Waals surface area (Å²) in [4.78, 5) is 2.75. The van der Waals surface area contributed by atoms with E-state index in [2.05, 4.69) is 34.5 Å². The summed E-state index contributed by atoms with van der Waals surface area (Å²) in [6, 6.07) is 10.5. The van der Waals surface area contributed by atoms with Crippen molar-refractivity contribution >= 4 is 5.69 Å². The number of benzene rings is 1. The largest absolute Gasteiger partial charge is 0.385 e. The predicted octanol–water partition coefficient (Wildman–Crippen LogP) is 3.14. The number of fused-ring (bicyclic) bond motifs is 1. The second-order valence-electron chi connectivity index (χ2n) is 6.18. The zero-order chi connectivity index (χ0) is 13.8. The molecule has 2 aliphatic heterocycles. The summed E-state index contributed by atoms with van der Waals surface area (Å²) in [6.07, 6.45) is 7.95. The van der Waals surface area contributed by atoms with Crippen LogP contribution in [0.15, 0.2) is 24.3 Å². The second-order valence-corrected chi connectivity index (χ2v) is 6.18. The lowest BCUT2D eigenvalue weighted by atomic mass is 10.0. The van der Waals surface area contributed by atoms with Gasteiger partial charge in [-0.15, -0.1) is 0 Å². The highest BCUT2D eigenvalue weighted by Crippen LogP contribution is 2.40. The van der Waals surface area contributed by atoms with Crippen molar-refractivity contribution in [3.05, 3.63) is 29.8 Å². The Labute approximate surface area is 122 Å². The molecular weight excluding hydrogens is 246 g/mol. The molecule has 20 heavy (non-hydrogen) atoms. The number of nitrogens with two attached hydrogens (primary N) is 1. The molecule has 3 rings (SSSR count). The Morgan fingerprint density at radius 3 is 3.05 bits per heavy atom. The smallest absolute Gasteiger partial charge is 0.0352 e. The van der Waals surface area contributed by atoms with Crippen LogP contribution in [0.25, 0.3) is 0 Å². The molecule has 0 amide bonds. The van der Waals surface area contributed by atoms with Gasteiger partial charge in [0.2, 0.25) is 0 Å². The minimum Gasteiger partial charge on any atom is -0.385 e. The Morgan fingerprint density at radius 2 is 2.15 bits per heavy atom. The standard InChI is InChI=1S/C17H27N3/c18-10-4-11-19-15-6-3-5-14(13-15)17-9-8-16-7-1-2-12-20(16)17/h3,5-6,13,16-17,19H,1-2,4,7-12,18H2/t16-,17-/m1/s1. The fourth-order valence-electron chi connectivity index (χ4n) is 3.81. The van der Waals surface area contributed by atoms with E-state index in [0.29, 0.717) is 6.04 Å². The van der Waals surface area contributed by atoms with E-state index in [0.717, 1.165) is 25.6 Å². The molecule has 0 spiro atoms. The first-order valence-corrected chi connectivity index (χ1v) is 8.18. The van der Waals surface area contributed by atoms with Crippen LogP contribution in [0.2, 0.25) is 0 Å². The van der Waals surface area contributed by atoms with Gasteiger partial charge in [-0.3, -0.25) is 4.90 Å². The third kappa shape index (κ3) is 2.99. The Morgan fingerprint density at radius 1 is 1.20 bits per heavy atom. The maximum atomic E-state index is 5.55. The van der Waals surface area contributed by atoms with Crippen molar-refractivity contribution in [1.29, 1.82) is 0 Å². The Bertz CT molecular complexity index is 432. The Kier molecular flexibility index (Phi) is 4.58. The Balaban J connectivity index is 1.68. The molecule has 0 aliphatic carbocycles. The predicted molar refractivity (Wildman–Crippen MR) is 84.9 cm³/mol. The molecule has 3 nitrogen and oxygen atoms in total. The van der Waals surface area contributed by atoms with Gasteiger partial charge in [0.15, 0.2) is 0 Å². The van der Waals surface area contributed by atoms with Gasteiger partial charge in [0.25, 0.3) is 0 Å². The lowest BCUT2D eigenvalue weighted by molar-refractivity contribution is 0.150. The van der Waals surface area contributed by atoms with Crippen LogP contribution in [-0.4, -0.2) is 30.6 Å². The molecule has 2 atom stereocenters. The van der Waals surface area contributed by atoms with E-state index in [-0.39, 0.29) is 0 Å². The summed E-state index contributed by atoms with van der Waals surface area (Å²) >= 11 is 0. The molecule has 0 saturated carbocycles. The van der Waals surface area contributed by atoms with Crippen molar-refractivity contribution in [2.24, 2.45) is 5.73 Å². The highest BCUT2D eigenvalue weighted by molar-refractivity contribution is 5.46. The van der Waals surface area contributed by atoms with Crippen molar-refractivity contribution in [2.75, 3.05) is 25.0 Å². The van der Waals surface area contributed by atoms with E-state index in [1.807, 2.05) is 0 Å². The number of nitrogens with one attached hydrogen (secondary N) is 1. The van der Waals surface area contributed by atoms with Crippen molar-refractivity contribution in [3.8, 4) is 0 Å². The van der Waals surface area contributed by atoms with Gasteiger partial charge >= 0.3 is 0 Å². The highest BCUT2D eigenvalue weighted by atomic mass is 15.2. The molecule has 0 radical (unpaired) electrons. The van der Waals surface area contributed by atoms with Crippen molar-refractivity contribution in [1.82, 2.24) is 4.90 Å². The van der Waals surface area contributed by atoms with Gasteiger partial charge in [0.05, 0.1) is 0 Å². The fraction of sp³-hybridized carbons (Fsp3) is 0.647. The van der Waals surface area contributed by atoms with Crippen LogP contribution in [-0.2, 0) is 0 Å². The van der Waals surface area contributed by atoms with E-state index < -0.39 is 0 Å². The maximum absolute atomic E-state index is 5.55. The average Bonchev–Trinajstić information content (AvgIpc) is 2.92. The molecule has 2 heterocycles. The minimum atomic E-state index is 0.650. The highest BCUT2D eigenvalue weighted by Gasteiger charge is 2.35. The van der Waals surface area contributed by atoms with E-state index >= 15 is 0 Å². The van der Waals surface area contributed by atoms with Crippen LogP contribution in [0, 0.1) is 0 Å². The fourth-order valence-corrected chi connectivity index (χ4v) is 3.81. The molecular formula is C17H27N3. The molecule has 1 aromatic carbocycles. The zero-order valence-electron chi connectivity index (χ0n) is 12.4. The van der Waals surface area contributed by atoms with Gasteiger partial charge in [-0.2, -0.15) is 0 Å².